The van der Waals surface area contributed by atoms with Crippen LogP contribution in [-0.2, 0) is 0 Å². The van der Waals surface area contributed by atoms with Crippen LogP contribution in [0.3, 0.4) is 0 Å². The zero-order valence-corrected chi connectivity index (χ0v) is 9.39. The van der Waals surface area contributed by atoms with Crippen molar-refractivity contribution in [2.45, 2.75) is 32.2 Å². The zero-order valence-electron chi connectivity index (χ0n) is 9.39. The van der Waals surface area contributed by atoms with Crippen molar-refractivity contribution in [2.75, 3.05) is 11.4 Å². The van der Waals surface area contributed by atoms with E-state index in [1.54, 1.807) is 12.1 Å². The molecule has 1 fully saturated rings. The molecule has 0 aliphatic carbocycles. The maximum atomic E-state index is 10.7. The fraction of sp³-hybridized carbons (Fsp3) is 0.500. The van der Waals surface area contributed by atoms with Gasteiger partial charge in [0.2, 0.25) is 0 Å². The number of carbonyl (C=O) groups is 1. The summed E-state index contributed by atoms with van der Waals surface area (Å²) in [7, 11) is 0. The van der Waals surface area contributed by atoms with Gasteiger partial charge in [0.1, 0.15) is 5.82 Å². The predicted octanol–water partition coefficient (Wildman–Crippen LogP) is 2.16. The first-order chi connectivity index (χ1) is 7.72. The summed E-state index contributed by atoms with van der Waals surface area (Å²) in [6.07, 6.45) is 4.95. The van der Waals surface area contributed by atoms with E-state index in [9.17, 15) is 4.79 Å². The first kappa shape index (κ1) is 10.9. The highest BCUT2D eigenvalue weighted by Gasteiger charge is 2.23. The lowest BCUT2D eigenvalue weighted by Gasteiger charge is -2.24. The third-order valence-electron chi connectivity index (χ3n) is 3.14. The van der Waals surface area contributed by atoms with E-state index in [2.05, 4.69) is 16.8 Å². The largest absolute Gasteiger partial charge is 0.478 e. The average molecular weight is 220 g/mol. The van der Waals surface area contributed by atoms with E-state index < -0.39 is 5.97 Å². The van der Waals surface area contributed by atoms with Crippen LogP contribution in [0, 0.1) is 0 Å². The van der Waals surface area contributed by atoms with Gasteiger partial charge in [-0.25, -0.2) is 9.78 Å². The van der Waals surface area contributed by atoms with Gasteiger partial charge in [-0.05, 0) is 31.4 Å². The lowest BCUT2D eigenvalue weighted by Crippen LogP contribution is -2.29. The van der Waals surface area contributed by atoms with Gasteiger partial charge in [0.15, 0.2) is 0 Å². The number of carboxylic acid groups (broad SMARTS) is 1. The topological polar surface area (TPSA) is 53.4 Å². The Balaban J connectivity index is 2.18. The van der Waals surface area contributed by atoms with Crippen LogP contribution in [-0.4, -0.2) is 28.6 Å². The van der Waals surface area contributed by atoms with Crippen molar-refractivity contribution in [1.29, 1.82) is 0 Å². The van der Waals surface area contributed by atoms with E-state index in [0.717, 1.165) is 18.8 Å². The number of carboxylic acids is 1. The maximum absolute atomic E-state index is 10.7. The van der Waals surface area contributed by atoms with Gasteiger partial charge in [-0.2, -0.15) is 0 Å². The van der Waals surface area contributed by atoms with Crippen molar-refractivity contribution < 1.29 is 9.90 Å². The summed E-state index contributed by atoms with van der Waals surface area (Å²) >= 11 is 0. The summed E-state index contributed by atoms with van der Waals surface area (Å²) in [5, 5.41) is 8.79. The Kier molecular flexibility index (Phi) is 3.08. The average Bonchev–Trinajstić information content (AvgIpc) is 2.77. The van der Waals surface area contributed by atoms with Crippen LogP contribution in [0.25, 0.3) is 0 Å². The maximum Gasteiger partial charge on any atom is 0.337 e. The molecule has 16 heavy (non-hydrogen) atoms. The molecule has 1 saturated heterocycles. The Hall–Kier alpha value is -1.58. The molecule has 0 saturated carbocycles. The molecule has 1 aliphatic heterocycles. The molecule has 4 nitrogen and oxygen atoms in total. The van der Waals surface area contributed by atoms with Gasteiger partial charge in [0, 0.05) is 18.8 Å². The summed E-state index contributed by atoms with van der Waals surface area (Å²) in [6.45, 7) is 3.20. The van der Waals surface area contributed by atoms with E-state index >= 15 is 0 Å². The van der Waals surface area contributed by atoms with Gasteiger partial charge < -0.3 is 10.0 Å². The highest BCUT2D eigenvalue weighted by atomic mass is 16.4. The van der Waals surface area contributed by atoms with Crippen LogP contribution in [0.15, 0.2) is 18.3 Å². The molecule has 1 N–H and O–H groups in total. The minimum atomic E-state index is -0.924. The molecule has 0 aromatic carbocycles. The van der Waals surface area contributed by atoms with Gasteiger partial charge in [-0.1, -0.05) is 6.92 Å². The number of nitrogens with zero attached hydrogens (tertiary/aromatic N) is 2. The number of pyridine rings is 1. The second-order valence-electron chi connectivity index (χ2n) is 4.11. The van der Waals surface area contributed by atoms with Crippen molar-refractivity contribution in [2.24, 2.45) is 0 Å². The molecule has 4 heteroatoms. The van der Waals surface area contributed by atoms with Gasteiger partial charge in [0.25, 0.3) is 0 Å². The molecular formula is C12H16N2O2. The quantitative estimate of drug-likeness (QED) is 0.848. The van der Waals surface area contributed by atoms with Crippen LogP contribution < -0.4 is 4.90 Å². The number of hydrogen-bond acceptors (Lipinski definition) is 3. The van der Waals surface area contributed by atoms with Gasteiger partial charge in [-0.3, -0.25) is 0 Å². The van der Waals surface area contributed by atoms with Crippen molar-refractivity contribution in [3.63, 3.8) is 0 Å². The van der Waals surface area contributed by atoms with E-state index in [1.165, 1.54) is 19.0 Å². The summed E-state index contributed by atoms with van der Waals surface area (Å²) in [5.41, 5.74) is 0.246. The Morgan fingerprint density at radius 1 is 1.62 bits per heavy atom. The Labute approximate surface area is 94.9 Å². The molecule has 0 bridgehead atoms. The molecule has 0 radical (unpaired) electrons. The molecule has 1 unspecified atom stereocenters. The number of aromatic carboxylic acids is 1. The Morgan fingerprint density at radius 3 is 3.00 bits per heavy atom. The summed E-state index contributed by atoms with van der Waals surface area (Å²) in [5.74, 6) is -0.0261. The molecule has 0 spiro atoms. The third kappa shape index (κ3) is 2.01. The molecule has 1 atom stereocenters. The summed E-state index contributed by atoms with van der Waals surface area (Å²) in [6, 6.07) is 3.98. The van der Waals surface area contributed by atoms with E-state index in [-0.39, 0.29) is 5.56 Å². The molecule has 2 rings (SSSR count). The molecular weight excluding hydrogens is 204 g/mol. The second-order valence-corrected chi connectivity index (χ2v) is 4.11. The summed E-state index contributed by atoms with van der Waals surface area (Å²) < 4.78 is 0. The lowest BCUT2D eigenvalue weighted by atomic mass is 10.2. The lowest BCUT2D eigenvalue weighted by molar-refractivity contribution is 0.0696. The van der Waals surface area contributed by atoms with Gasteiger partial charge >= 0.3 is 5.97 Å². The molecule has 86 valence electrons. The molecule has 2 heterocycles. The molecule has 1 aromatic rings. The van der Waals surface area contributed by atoms with Crippen LogP contribution in [0.5, 0.6) is 0 Å². The van der Waals surface area contributed by atoms with E-state index in [0.29, 0.717) is 6.04 Å². The van der Waals surface area contributed by atoms with Gasteiger partial charge in [-0.15, -0.1) is 0 Å². The molecule has 1 aromatic heterocycles. The highest BCUT2D eigenvalue weighted by Crippen LogP contribution is 2.25. The Bertz CT molecular complexity index is 375. The van der Waals surface area contributed by atoms with Crippen molar-refractivity contribution >= 4 is 11.8 Å². The number of rotatable bonds is 3. The van der Waals surface area contributed by atoms with Crippen LogP contribution in [0.1, 0.15) is 36.5 Å². The standard InChI is InChI=1S/C12H16N2O2/c1-2-10-4-3-7-14(10)11-6-5-9(8-13-11)12(15)16/h5-6,8,10H,2-4,7H2,1H3,(H,15,16). The summed E-state index contributed by atoms with van der Waals surface area (Å²) in [4.78, 5) is 17.2. The van der Waals surface area contributed by atoms with Gasteiger partial charge in [0.05, 0.1) is 5.56 Å². The third-order valence-corrected chi connectivity index (χ3v) is 3.14. The van der Waals surface area contributed by atoms with Crippen LogP contribution >= 0.6 is 0 Å². The monoisotopic (exact) mass is 220 g/mol. The van der Waals surface area contributed by atoms with Crippen molar-refractivity contribution in [3.05, 3.63) is 23.9 Å². The van der Waals surface area contributed by atoms with E-state index in [4.69, 9.17) is 5.11 Å². The molecule has 0 amide bonds. The number of hydrogen-bond donors (Lipinski definition) is 1. The predicted molar refractivity (Wildman–Crippen MR) is 61.9 cm³/mol. The number of anilines is 1. The minimum Gasteiger partial charge on any atom is -0.478 e. The fourth-order valence-electron chi connectivity index (χ4n) is 2.24. The van der Waals surface area contributed by atoms with E-state index in [1.807, 2.05) is 0 Å². The normalized spacial score (nSPS) is 20.1. The smallest absolute Gasteiger partial charge is 0.337 e. The van der Waals surface area contributed by atoms with Crippen molar-refractivity contribution in [3.8, 4) is 0 Å². The first-order valence-electron chi connectivity index (χ1n) is 5.68. The zero-order chi connectivity index (χ0) is 11.5. The van der Waals surface area contributed by atoms with Crippen LogP contribution in [0.2, 0.25) is 0 Å². The Morgan fingerprint density at radius 2 is 2.44 bits per heavy atom. The van der Waals surface area contributed by atoms with Crippen molar-refractivity contribution in [1.82, 2.24) is 4.98 Å². The highest BCUT2D eigenvalue weighted by molar-refractivity contribution is 5.87. The van der Waals surface area contributed by atoms with Crippen LogP contribution in [0.4, 0.5) is 5.82 Å². The fourth-order valence-corrected chi connectivity index (χ4v) is 2.24. The minimum absolute atomic E-state index is 0.246. The molecule has 1 aliphatic rings. The number of aromatic nitrogens is 1. The first-order valence-corrected chi connectivity index (χ1v) is 5.68. The SMILES string of the molecule is CCC1CCCN1c1ccc(C(=O)O)cn1. The second kappa shape index (κ2) is 4.51.